The number of pyridine rings is 1. The number of aromatic nitrogens is 1. The van der Waals surface area contributed by atoms with Crippen molar-refractivity contribution in [3.8, 4) is 0 Å². The minimum atomic E-state index is 0.314. The van der Waals surface area contributed by atoms with Crippen molar-refractivity contribution in [1.82, 2.24) is 10.4 Å². The highest BCUT2D eigenvalue weighted by molar-refractivity contribution is 6.31. The molecule has 1 fully saturated rings. The van der Waals surface area contributed by atoms with Crippen LogP contribution in [-0.2, 0) is 6.42 Å². The second-order valence-corrected chi connectivity index (χ2v) is 6.05. The quantitative estimate of drug-likeness (QED) is 0.643. The summed E-state index contributed by atoms with van der Waals surface area (Å²) in [6, 6.07) is 2.31. The molecule has 3 N–H and O–H groups in total. The Balaban J connectivity index is 2.01. The first-order valence-electron chi connectivity index (χ1n) is 7.29. The van der Waals surface area contributed by atoms with Gasteiger partial charge in [0.05, 0.1) is 5.02 Å². The third kappa shape index (κ3) is 3.91. The Morgan fingerprint density at radius 3 is 3.05 bits per heavy atom. The Labute approximate surface area is 120 Å². The molecule has 0 bridgehead atoms. The van der Waals surface area contributed by atoms with E-state index < -0.39 is 0 Å². The first-order valence-corrected chi connectivity index (χ1v) is 7.66. The van der Waals surface area contributed by atoms with Gasteiger partial charge in [0.25, 0.3) is 0 Å². The van der Waals surface area contributed by atoms with Crippen LogP contribution >= 0.6 is 11.6 Å². The maximum Gasteiger partial charge on any atom is 0.0621 e. The molecular formula is C15H24ClN3. The zero-order valence-corrected chi connectivity index (χ0v) is 12.4. The second-order valence-electron chi connectivity index (χ2n) is 5.65. The van der Waals surface area contributed by atoms with Crippen molar-refractivity contribution in [3.63, 3.8) is 0 Å². The van der Waals surface area contributed by atoms with Crippen LogP contribution in [0.5, 0.6) is 0 Å². The van der Waals surface area contributed by atoms with Crippen LogP contribution < -0.4 is 11.3 Å². The molecule has 0 radical (unpaired) electrons. The monoisotopic (exact) mass is 281 g/mol. The Morgan fingerprint density at radius 1 is 1.53 bits per heavy atom. The molecule has 0 aliphatic heterocycles. The smallest absolute Gasteiger partial charge is 0.0621 e. The topological polar surface area (TPSA) is 50.9 Å². The summed E-state index contributed by atoms with van der Waals surface area (Å²) >= 11 is 6.19. The summed E-state index contributed by atoms with van der Waals surface area (Å²) in [4.78, 5) is 4.03. The zero-order valence-electron chi connectivity index (χ0n) is 11.6. The SMILES string of the molecule is CCC1CCCC(C(Cc2ccncc2Cl)NN)C1. The highest BCUT2D eigenvalue weighted by Gasteiger charge is 2.27. The molecule has 0 amide bonds. The number of hydrogen-bond acceptors (Lipinski definition) is 3. The molecule has 0 saturated heterocycles. The number of nitrogens with zero attached hydrogens (tertiary/aromatic N) is 1. The maximum absolute atomic E-state index is 6.19. The van der Waals surface area contributed by atoms with Gasteiger partial charge in [-0.05, 0) is 42.7 Å². The van der Waals surface area contributed by atoms with Gasteiger partial charge < -0.3 is 0 Å². The number of rotatable bonds is 5. The van der Waals surface area contributed by atoms with Crippen molar-refractivity contribution in [1.29, 1.82) is 0 Å². The molecule has 1 aliphatic rings. The van der Waals surface area contributed by atoms with Crippen molar-refractivity contribution in [2.45, 2.75) is 51.5 Å². The Morgan fingerprint density at radius 2 is 2.37 bits per heavy atom. The fraction of sp³-hybridized carbons (Fsp3) is 0.667. The molecule has 3 nitrogen and oxygen atoms in total. The van der Waals surface area contributed by atoms with E-state index in [4.69, 9.17) is 17.4 Å². The Bertz CT molecular complexity index is 397. The van der Waals surface area contributed by atoms with Gasteiger partial charge in [0, 0.05) is 18.4 Å². The van der Waals surface area contributed by atoms with E-state index in [1.54, 1.807) is 12.4 Å². The van der Waals surface area contributed by atoms with Gasteiger partial charge in [0.2, 0.25) is 0 Å². The van der Waals surface area contributed by atoms with Gasteiger partial charge in [-0.15, -0.1) is 0 Å². The van der Waals surface area contributed by atoms with Gasteiger partial charge in [0.1, 0.15) is 0 Å². The normalized spacial score (nSPS) is 25.2. The third-order valence-corrected chi connectivity index (χ3v) is 4.82. The highest BCUT2D eigenvalue weighted by atomic mass is 35.5. The summed E-state index contributed by atoms with van der Waals surface area (Å²) in [6.07, 6.45) is 10.9. The number of hydrazine groups is 1. The average Bonchev–Trinajstić information content (AvgIpc) is 2.46. The molecule has 0 spiro atoms. The Hall–Kier alpha value is -0.640. The largest absolute Gasteiger partial charge is 0.271 e. The lowest BCUT2D eigenvalue weighted by Gasteiger charge is -2.34. The average molecular weight is 282 g/mol. The van der Waals surface area contributed by atoms with E-state index in [0.29, 0.717) is 12.0 Å². The van der Waals surface area contributed by atoms with E-state index in [0.717, 1.165) is 22.9 Å². The van der Waals surface area contributed by atoms with E-state index >= 15 is 0 Å². The predicted octanol–water partition coefficient (Wildman–Crippen LogP) is 3.33. The fourth-order valence-corrected chi connectivity index (χ4v) is 3.43. The number of nitrogens with one attached hydrogen (secondary N) is 1. The van der Waals surface area contributed by atoms with E-state index in [1.807, 2.05) is 6.07 Å². The van der Waals surface area contributed by atoms with Crippen LogP contribution in [0.3, 0.4) is 0 Å². The summed E-state index contributed by atoms with van der Waals surface area (Å²) in [6.45, 7) is 2.29. The molecule has 4 heteroatoms. The fourth-order valence-electron chi connectivity index (χ4n) is 3.24. The van der Waals surface area contributed by atoms with E-state index in [1.165, 1.54) is 32.1 Å². The molecule has 0 aromatic carbocycles. The molecule has 2 rings (SSSR count). The number of hydrogen-bond donors (Lipinski definition) is 2. The number of halogens is 1. The molecular weight excluding hydrogens is 258 g/mol. The van der Waals surface area contributed by atoms with Crippen LogP contribution in [0.2, 0.25) is 5.02 Å². The minimum Gasteiger partial charge on any atom is -0.271 e. The molecule has 106 valence electrons. The summed E-state index contributed by atoms with van der Waals surface area (Å²) in [5.74, 6) is 7.30. The van der Waals surface area contributed by atoms with Crippen molar-refractivity contribution in [2.24, 2.45) is 17.7 Å². The maximum atomic E-state index is 6.19. The minimum absolute atomic E-state index is 0.314. The van der Waals surface area contributed by atoms with Crippen LogP contribution in [0.4, 0.5) is 0 Å². The molecule has 3 unspecified atom stereocenters. The standard InChI is InChI=1S/C15H24ClN3/c1-2-11-4-3-5-13(8-11)15(19-17)9-12-6-7-18-10-14(12)16/h6-7,10-11,13,15,19H,2-5,8-9,17H2,1H3. The molecule has 1 saturated carbocycles. The predicted molar refractivity (Wildman–Crippen MR) is 79.8 cm³/mol. The van der Waals surface area contributed by atoms with Gasteiger partial charge in [0.15, 0.2) is 0 Å². The number of nitrogens with two attached hydrogens (primary N) is 1. The van der Waals surface area contributed by atoms with Crippen LogP contribution in [0.15, 0.2) is 18.5 Å². The summed E-state index contributed by atoms with van der Waals surface area (Å²) < 4.78 is 0. The summed E-state index contributed by atoms with van der Waals surface area (Å²) in [5, 5.41) is 0.741. The van der Waals surface area contributed by atoms with Crippen LogP contribution in [0.25, 0.3) is 0 Å². The van der Waals surface area contributed by atoms with E-state index in [-0.39, 0.29) is 0 Å². The van der Waals surface area contributed by atoms with Crippen molar-refractivity contribution in [3.05, 3.63) is 29.0 Å². The molecule has 3 atom stereocenters. The van der Waals surface area contributed by atoms with Gasteiger partial charge in [-0.3, -0.25) is 16.3 Å². The zero-order chi connectivity index (χ0) is 13.7. The lowest BCUT2D eigenvalue weighted by molar-refractivity contribution is 0.208. The molecule has 19 heavy (non-hydrogen) atoms. The van der Waals surface area contributed by atoms with Crippen molar-refractivity contribution >= 4 is 11.6 Å². The first-order chi connectivity index (χ1) is 9.24. The van der Waals surface area contributed by atoms with E-state index in [2.05, 4.69) is 17.3 Å². The molecule has 1 aromatic heterocycles. The van der Waals surface area contributed by atoms with Gasteiger partial charge in [-0.25, -0.2) is 0 Å². The molecule has 1 heterocycles. The van der Waals surface area contributed by atoms with Gasteiger partial charge in [-0.2, -0.15) is 0 Å². The van der Waals surface area contributed by atoms with E-state index in [9.17, 15) is 0 Å². The van der Waals surface area contributed by atoms with Gasteiger partial charge in [-0.1, -0.05) is 37.8 Å². The first kappa shape index (κ1) is 14.8. The molecule has 1 aliphatic carbocycles. The van der Waals surface area contributed by atoms with Gasteiger partial charge >= 0.3 is 0 Å². The highest BCUT2D eigenvalue weighted by Crippen LogP contribution is 2.34. The van der Waals surface area contributed by atoms with Crippen molar-refractivity contribution in [2.75, 3.05) is 0 Å². The van der Waals surface area contributed by atoms with Crippen LogP contribution in [-0.4, -0.2) is 11.0 Å². The van der Waals surface area contributed by atoms with Crippen molar-refractivity contribution < 1.29 is 0 Å². The lowest BCUT2D eigenvalue weighted by Crippen LogP contribution is -2.44. The van der Waals surface area contributed by atoms with Crippen LogP contribution in [0, 0.1) is 11.8 Å². The third-order valence-electron chi connectivity index (χ3n) is 4.48. The lowest BCUT2D eigenvalue weighted by atomic mass is 9.76. The molecule has 1 aromatic rings. The Kier molecular flexibility index (Phi) is 5.61. The van der Waals surface area contributed by atoms with Crippen LogP contribution in [0.1, 0.15) is 44.6 Å². The summed E-state index contributed by atoms with van der Waals surface area (Å²) in [5.41, 5.74) is 4.15. The second kappa shape index (κ2) is 7.22. The summed E-state index contributed by atoms with van der Waals surface area (Å²) in [7, 11) is 0.